The average molecular weight is 419 g/mol. The number of nitrogens with zero attached hydrogens (tertiary/aromatic N) is 3. The average Bonchev–Trinajstić information content (AvgIpc) is 3.18. The minimum atomic E-state index is -4.36. The lowest BCUT2D eigenvalue weighted by Crippen LogP contribution is -2.44. The molecule has 30 heavy (non-hydrogen) atoms. The Kier molecular flexibility index (Phi) is 6.77. The number of hydrogen-bond acceptors (Lipinski definition) is 3. The summed E-state index contributed by atoms with van der Waals surface area (Å²) in [6.07, 6.45) is -1.99. The largest absolute Gasteiger partial charge is 0.416 e. The zero-order chi connectivity index (χ0) is 21.6. The lowest BCUT2D eigenvalue weighted by molar-refractivity contribution is -0.137. The summed E-state index contributed by atoms with van der Waals surface area (Å²) < 4.78 is 51.6. The van der Waals surface area contributed by atoms with Crippen LogP contribution in [-0.2, 0) is 6.18 Å². The lowest BCUT2D eigenvalue weighted by atomic mass is 10.1. The first-order valence-corrected chi connectivity index (χ1v) is 9.35. The third-order valence-corrected chi connectivity index (χ3v) is 4.58. The fourth-order valence-electron chi connectivity index (χ4n) is 3.09. The molecule has 1 aromatic heterocycles. The van der Waals surface area contributed by atoms with Crippen LogP contribution < -0.4 is 15.5 Å². The van der Waals surface area contributed by atoms with Crippen molar-refractivity contribution in [3.63, 3.8) is 0 Å². The van der Waals surface area contributed by atoms with Gasteiger partial charge in [-0.2, -0.15) is 13.2 Å². The highest BCUT2D eigenvalue weighted by Crippen LogP contribution is 2.28. The molecule has 2 heterocycles. The van der Waals surface area contributed by atoms with Crippen molar-refractivity contribution in [3.05, 3.63) is 59.5 Å². The van der Waals surface area contributed by atoms with Crippen LogP contribution in [0.25, 0.3) is 0 Å². The van der Waals surface area contributed by atoms with Gasteiger partial charge < -0.3 is 15.5 Å². The van der Waals surface area contributed by atoms with Crippen LogP contribution in [0.4, 0.5) is 23.4 Å². The first kappa shape index (κ1) is 21.4. The molecule has 1 atom stereocenters. The molecule has 0 radical (unpaired) electrons. The first-order valence-electron chi connectivity index (χ1n) is 9.35. The quantitative estimate of drug-likeness (QED) is 0.348. The highest BCUT2D eigenvalue weighted by Gasteiger charge is 2.29. The molecule has 2 N–H and O–H groups in total. The summed E-state index contributed by atoms with van der Waals surface area (Å²) in [5, 5.41) is 6.31. The number of halogens is 4. The molecule has 1 unspecified atom stereocenters. The first-order chi connectivity index (χ1) is 14.4. The van der Waals surface area contributed by atoms with Crippen LogP contribution in [0.15, 0.2) is 47.6 Å². The molecule has 5 nitrogen and oxygen atoms in total. The monoisotopic (exact) mass is 419 g/mol. The van der Waals surface area contributed by atoms with Gasteiger partial charge in [0.2, 0.25) is 0 Å². The highest BCUT2D eigenvalue weighted by molar-refractivity contribution is 5.80. The summed E-state index contributed by atoms with van der Waals surface area (Å²) >= 11 is 0. The predicted octanol–water partition coefficient (Wildman–Crippen LogP) is 3.03. The van der Waals surface area contributed by atoms with Gasteiger partial charge in [-0.05, 0) is 42.8 Å². The zero-order valence-electron chi connectivity index (χ0n) is 16.3. The van der Waals surface area contributed by atoms with Crippen molar-refractivity contribution in [2.45, 2.75) is 18.6 Å². The number of aromatic nitrogens is 1. The van der Waals surface area contributed by atoms with Crippen LogP contribution in [0.2, 0.25) is 0 Å². The maximum Gasteiger partial charge on any atom is 0.416 e. The molecule has 1 fully saturated rings. The molecule has 0 saturated carbocycles. The Hall–Kier alpha value is -3.28. The molecule has 0 bridgehead atoms. The summed E-state index contributed by atoms with van der Waals surface area (Å²) in [5.41, 5.74) is -0.205. The predicted molar refractivity (Wildman–Crippen MR) is 108 cm³/mol. The fraction of sp³-hybridized carbons (Fsp3) is 0.333. The molecular weight excluding hydrogens is 398 g/mol. The van der Waals surface area contributed by atoms with E-state index in [1.807, 2.05) is 4.90 Å². The Bertz CT molecular complexity index is 944. The molecule has 1 aliphatic rings. The molecule has 158 valence electrons. The number of benzene rings is 1. The summed E-state index contributed by atoms with van der Waals surface area (Å²) in [5.74, 6) is 6.21. The van der Waals surface area contributed by atoms with E-state index in [1.165, 1.54) is 18.2 Å². The maximum atomic E-state index is 13.9. The maximum absolute atomic E-state index is 13.9. The van der Waals surface area contributed by atoms with E-state index in [2.05, 4.69) is 32.5 Å². The van der Waals surface area contributed by atoms with Gasteiger partial charge in [0.25, 0.3) is 0 Å². The third kappa shape index (κ3) is 5.63. The number of alkyl halides is 3. The Labute approximate surface area is 172 Å². The van der Waals surface area contributed by atoms with E-state index in [1.54, 1.807) is 19.3 Å². The summed E-state index contributed by atoms with van der Waals surface area (Å²) in [6.45, 7) is 1.54. The molecule has 1 aliphatic heterocycles. The second-order valence-electron chi connectivity index (χ2n) is 6.69. The smallest absolute Gasteiger partial charge is 0.352 e. The third-order valence-electron chi connectivity index (χ3n) is 4.58. The van der Waals surface area contributed by atoms with Crippen molar-refractivity contribution in [2.24, 2.45) is 4.99 Å². The molecule has 0 amide bonds. The van der Waals surface area contributed by atoms with Crippen molar-refractivity contribution in [2.75, 3.05) is 31.6 Å². The van der Waals surface area contributed by atoms with Crippen molar-refractivity contribution in [1.82, 2.24) is 15.6 Å². The van der Waals surface area contributed by atoms with Gasteiger partial charge in [0.15, 0.2) is 17.6 Å². The number of hydrogen-bond donors (Lipinski definition) is 2. The number of rotatable bonds is 3. The van der Waals surface area contributed by atoms with Crippen molar-refractivity contribution >= 4 is 11.8 Å². The number of guanidine groups is 1. The van der Waals surface area contributed by atoms with Gasteiger partial charge in [0.1, 0.15) is 0 Å². The minimum Gasteiger partial charge on any atom is -0.352 e. The van der Waals surface area contributed by atoms with Crippen LogP contribution in [-0.4, -0.2) is 43.7 Å². The lowest BCUT2D eigenvalue weighted by Gasteiger charge is -2.19. The molecule has 1 aromatic carbocycles. The molecule has 3 rings (SSSR count). The van der Waals surface area contributed by atoms with E-state index in [9.17, 15) is 17.6 Å². The van der Waals surface area contributed by atoms with Crippen LogP contribution in [0.5, 0.6) is 0 Å². The van der Waals surface area contributed by atoms with Crippen LogP contribution in [0.3, 0.4) is 0 Å². The number of pyridine rings is 1. The van der Waals surface area contributed by atoms with Gasteiger partial charge in [0.05, 0.1) is 12.1 Å². The normalized spacial score (nSPS) is 16.8. The molecule has 2 aromatic rings. The second kappa shape index (κ2) is 9.48. The second-order valence-corrected chi connectivity index (χ2v) is 6.69. The fourth-order valence-corrected chi connectivity index (χ4v) is 3.09. The zero-order valence-corrected chi connectivity index (χ0v) is 16.3. The van der Waals surface area contributed by atoms with Gasteiger partial charge in [-0.3, -0.25) is 4.99 Å². The minimum absolute atomic E-state index is 0.0699. The van der Waals surface area contributed by atoms with E-state index in [4.69, 9.17) is 0 Å². The van der Waals surface area contributed by atoms with Crippen molar-refractivity contribution in [3.8, 4) is 11.8 Å². The van der Waals surface area contributed by atoms with E-state index < -0.39 is 11.7 Å². The van der Waals surface area contributed by atoms with Crippen LogP contribution in [0.1, 0.15) is 17.5 Å². The Morgan fingerprint density at radius 1 is 1.27 bits per heavy atom. The van der Waals surface area contributed by atoms with Crippen LogP contribution >= 0.6 is 0 Å². The Balaban J connectivity index is 1.48. The van der Waals surface area contributed by atoms with E-state index in [-0.39, 0.29) is 18.4 Å². The van der Waals surface area contributed by atoms with E-state index in [0.717, 1.165) is 18.6 Å². The number of anilines is 1. The van der Waals surface area contributed by atoms with Gasteiger partial charge in [-0.15, -0.1) is 0 Å². The Morgan fingerprint density at radius 3 is 2.70 bits per heavy atom. The van der Waals surface area contributed by atoms with Gasteiger partial charge in [0, 0.05) is 37.9 Å². The molecule has 0 aliphatic carbocycles. The highest BCUT2D eigenvalue weighted by atomic mass is 19.4. The topological polar surface area (TPSA) is 52.6 Å². The summed E-state index contributed by atoms with van der Waals surface area (Å²) in [7, 11) is 1.63. The number of aliphatic imine (C=N–C) groups is 1. The molecular formula is C21H21F4N5. The number of nitrogens with one attached hydrogen (secondary N) is 2. The van der Waals surface area contributed by atoms with Crippen molar-refractivity contribution < 1.29 is 17.6 Å². The van der Waals surface area contributed by atoms with Crippen LogP contribution in [0, 0.1) is 17.7 Å². The summed E-state index contributed by atoms with van der Waals surface area (Å²) in [6, 6.07) is 7.71. The van der Waals surface area contributed by atoms with E-state index in [0.29, 0.717) is 30.4 Å². The molecule has 0 spiro atoms. The molecule has 1 saturated heterocycles. The van der Waals surface area contributed by atoms with Crippen molar-refractivity contribution in [1.29, 1.82) is 0 Å². The SMILES string of the molecule is CN=C(NCC#Cc1ccc(C(F)(F)F)cc1)NC1CCN(c2ncccc2F)C1. The van der Waals surface area contributed by atoms with Gasteiger partial charge in [-0.1, -0.05) is 11.8 Å². The molecule has 9 heteroatoms. The summed E-state index contributed by atoms with van der Waals surface area (Å²) in [4.78, 5) is 10.1. The standard InChI is InChI=1S/C21H21F4N5/c1-26-20(28-12-2-4-15-6-8-16(9-7-15)21(23,24)25)29-17-10-13-30(14-17)19-18(22)5-3-11-27-19/h3,5-9,11,17H,10,12-14H2,1H3,(H2,26,28,29). The van der Waals surface area contributed by atoms with E-state index >= 15 is 0 Å². The van der Waals surface area contributed by atoms with Gasteiger partial charge in [-0.25, -0.2) is 9.37 Å². The van der Waals surface area contributed by atoms with Gasteiger partial charge >= 0.3 is 6.18 Å². The Morgan fingerprint density at radius 2 is 2.03 bits per heavy atom.